The van der Waals surface area contributed by atoms with Crippen LogP contribution in [0.15, 0.2) is 75.9 Å². The van der Waals surface area contributed by atoms with E-state index in [1.807, 2.05) is 95.3 Å². The summed E-state index contributed by atoms with van der Waals surface area (Å²) in [7, 11) is 0. The third kappa shape index (κ3) is 5.42. The van der Waals surface area contributed by atoms with Crippen molar-refractivity contribution in [2.75, 3.05) is 5.32 Å². The van der Waals surface area contributed by atoms with Gasteiger partial charge in [0.2, 0.25) is 5.43 Å². The van der Waals surface area contributed by atoms with E-state index in [0.717, 1.165) is 16.7 Å². The standard InChI is InChI=1S/C29H28INO4/c1-17-15-21(18(2)31-23-14-10-9-13-20(23)28(33)35-29(3,4)5)27-22(16-17)25(32)24(30)26(34-27)19-11-7-6-8-12-19/h6-16,18,31H,1-5H3. The number of nitrogens with one attached hydrogen (secondary N) is 1. The molecule has 3 aromatic carbocycles. The van der Waals surface area contributed by atoms with Crippen molar-refractivity contribution < 1.29 is 13.9 Å². The van der Waals surface area contributed by atoms with E-state index in [-0.39, 0.29) is 11.5 Å². The van der Waals surface area contributed by atoms with E-state index in [1.54, 1.807) is 6.07 Å². The van der Waals surface area contributed by atoms with Crippen molar-refractivity contribution >= 4 is 45.2 Å². The highest BCUT2D eigenvalue weighted by Gasteiger charge is 2.23. The molecule has 0 amide bonds. The van der Waals surface area contributed by atoms with Crippen LogP contribution in [0, 0.1) is 10.5 Å². The third-order valence-electron chi connectivity index (χ3n) is 5.53. The number of rotatable bonds is 5. The first-order valence-electron chi connectivity index (χ1n) is 11.5. The highest BCUT2D eigenvalue weighted by molar-refractivity contribution is 14.1. The maximum absolute atomic E-state index is 13.3. The van der Waals surface area contributed by atoms with Crippen LogP contribution in [0.25, 0.3) is 22.3 Å². The fraction of sp³-hybridized carbons (Fsp3) is 0.241. The van der Waals surface area contributed by atoms with Crippen molar-refractivity contribution in [2.24, 2.45) is 0 Å². The van der Waals surface area contributed by atoms with Gasteiger partial charge < -0.3 is 14.5 Å². The molecule has 0 aliphatic rings. The number of benzene rings is 3. The normalized spacial score (nSPS) is 12.4. The molecule has 0 bridgehead atoms. The highest BCUT2D eigenvalue weighted by atomic mass is 127. The summed E-state index contributed by atoms with van der Waals surface area (Å²) < 4.78 is 12.6. The minimum Gasteiger partial charge on any atom is -0.456 e. The second-order valence-electron chi connectivity index (χ2n) is 9.58. The number of hydrogen-bond donors (Lipinski definition) is 1. The maximum atomic E-state index is 13.3. The predicted octanol–water partition coefficient (Wildman–Crippen LogP) is 7.50. The molecule has 0 aliphatic carbocycles. The van der Waals surface area contributed by atoms with Gasteiger partial charge in [-0.3, -0.25) is 4.79 Å². The Balaban J connectivity index is 1.81. The lowest BCUT2D eigenvalue weighted by molar-refractivity contribution is 0.00706. The van der Waals surface area contributed by atoms with Crippen molar-refractivity contribution in [1.29, 1.82) is 0 Å². The molecule has 0 radical (unpaired) electrons. The van der Waals surface area contributed by atoms with Gasteiger partial charge in [0.1, 0.15) is 14.8 Å². The molecule has 0 spiro atoms. The molecule has 1 aromatic heterocycles. The van der Waals surface area contributed by atoms with Gasteiger partial charge in [0.05, 0.1) is 17.0 Å². The Morgan fingerprint density at radius 1 is 1.03 bits per heavy atom. The van der Waals surface area contributed by atoms with Crippen LogP contribution >= 0.6 is 22.6 Å². The molecule has 4 aromatic rings. The molecule has 5 nitrogen and oxygen atoms in total. The topological polar surface area (TPSA) is 68.5 Å². The third-order valence-corrected chi connectivity index (χ3v) is 6.51. The van der Waals surface area contributed by atoms with Crippen LogP contribution < -0.4 is 10.7 Å². The molecule has 0 saturated carbocycles. The first-order chi connectivity index (χ1) is 16.5. The summed E-state index contributed by atoms with van der Waals surface area (Å²) in [6.07, 6.45) is 0. The van der Waals surface area contributed by atoms with E-state index >= 15 is 0 Å². The van der Waals surface area contributed by atoms with E-state index in [9.17, 15) is 9.59 Å². The lowest BCUT2D eigenvalue weighted by Gasteiger charge is -2.23. The van der Waals surface area contributed by atoms with Gasteiger partial charge in [0.15, 0.2) is 5.76 Å². The van der Waals surface area contributed by atoms with Crippen molar-refractivity contribution in [1.82, 2.24) is 0 Å². The van der Waals surface area contributed by atoms with Gasteiger partial charge >= 0.3 is 5.97 Å². The van der Waals surface area contributed by atoms with Crippen LogP contribution in [0.4, 0.5) is 5.69 Å². The van der Waals surface area contributed by atoms with Gasteiger partial charge in [0, 0.05) is 16.8 Å². The smallest absolute Gasteiger partial charge is 0.340 e. The summed E-state index contributed by atoms with van der Waals surface area (Å²) in [5, 5.41) is 3.98. The summed E-state index contributed by atoms with van der Waals surface area (Å²) in [5.74, 6) is 0.157. The number of para-hydroxylation sites is 1. The van der Waals surface area contributed by atoms with Crippen molar-refractivity contribution in [2.45, 2.75) is 46.3 Å². The highest BCUT2D eigenvalue weighted by Crippen LogP contribution is 2.33. The number of ether oxygens (including phenoxy) is 1. The average molecular weight is 581 g/mol. The van der Waals surface area contributed by atoms with E-state index < -0.39 is 11.6 Å². The van der Waals surface area contributed by atoms with E-state index in [0.29, 0.717) is 31.6 Å². The summed E-state index contributed by atoms with van der Waals surface area (Å²) in [5.41, 5.74) is 3.62. The molecular formula is C29H28INO4. The lowest BCUT2D eigenvalue weighted by Crippen LogP contribution is -2.24. The van der Waals surface area contributed by atoms with Gasteiger partial charge in [-0.1, -0.05) is 48.5 Å². The molecule has 1 N–H and O–H groups in total. The molecule has 0 saturated heterocycles. The Bertz CT molecular complexity index is 1450. The van der Waals surface area contributed by atoms with Crippen LogP contribution in [-0.4, -0.2) is 11.6 Å². The Morgan fingerprint density at radius 2 is 1.69 bits per heavy atom. The fourth-order valence-corrected chi connectivity index (χ4v) is 4.69. The maximum Gasteiger partial charge on any atom is 0.340 e. The molecular weight excluding hydrogens is 553 g/mol. The molecule has 1 heterocycles. The molecule has 1 atom stereocenters. The fourth-order valence-electron chi connectivity index (χ4n) is 3.98. The number of fused-ring (bicyclic) bond motifs is 1. The van der Waals surface area contributed by atoms with E-state index in [4.69, 9.17) is 9.15 Å². The molecule has 180 valence electrons. The molecule has 0 aliphatic heterocycles. The average Bonchev–Trinajstić information content (AvgIpc) is 2.81. The van der Waals surface area contributed by atoms with Gasteiger partial charge in [-0.15, -0.1) is 0 Å². The minimum absolute atomic E-state index is 0.0583. The van der Waals surface area contributed by atoms with Crippen molar-refractivity contribution in [3.05, 3.63) is 97.2 Å². The quantitative estimate of drug-likeness (QED) is 0.195. The SMILES string of the molecule is Cc1cc(C(C)Nc2ccccc2C(=O)OC(C)(C)C)c2oc(-c3ccccc3)c(I)c(=O)c2c1. The summed E-state index contributed by atoms with van der Waals surface area (Å²) >= 11 is 2.06. The molecule has 0 fully saturated rings. The lowest BCUT2D eigenvalue weighted by atomic mass is 10.00. The largest absolute Gasteiger partial charge is 0.456 e. The van der Waals surface area contributed by atoms with Gasteiger partial charge in [0.25, 0.3) is 0 Å². The molecule has 6 heteroatoms. The summed E-state index contributed by atoms with van der Waals surface area (Å²) in [6, 6.07) is 20.5. The molecule has 4 rings (SSSR count). The van der Waals surface area contributed by atoms with Gasteiger partial charge in [-0.05, 0) is 81.0 Å². The first kappa shape index (κ1) is 25.0. The summed E-state index contributed by atoms with van der Waals surface area (Å²) in [4.78, 5) is 26.2. The molecule has 1 unspecified atom stereocenters. The van der Waals surface area contributed by atoms with Crippen LogP contribution in [0.3, 0.4) is 0 Å². The number of halogens is 1. The monoisotopic (exact) mass is 581 g/mol. The van der Waals surface area contributed by atoms with Gasteiger partial charge in [-0.25, -0.2) is 4.79 Å². The Labute approximate surface area is 218 Å². The Kier molecular flexibility index (Phi) is 7.03. The number of aryl methyl sites for hydroxylation is 1. The second kappa shape index (κ2) is 9.85. The predicted molar refractivity (Wildman–Crippen MR) is 149 cm³/mol. The van der Waals surface area contributed by atoms with Crippen LogP contribution in [0.5, 0.6) is 0 Å². The van der Waals surface area contributed by atoms with Crippen LogP contribution in [0.1, 0.15) is 55.2 Å². The Hall–Kier alpha value is -3.13. The van der Waals surface area contributed by atoms with Crippen molar-refractivity contribution in [3.8, 4) is 11.3 Å². The minimum atomic E-state index is -0.600. The zero-order valence-corrected chi connectivity index (χ0v) is 22.6. The zero-order chi connectivity index (χ0) is 25.3. The number of hydrogen-bond acceptors (Lipinski definition) is 5. The van der Waals surface area contributed by atoms with Crippen LogP contribution in [-0.2, 0) is 4.74 Å². The number of carbonyl (C=O) groups excluding carboxylic acids is 1. The number of esters is 1. The van der Waals surface area contributed by atoms with Crippen LogP contribution in [0.2, 0.25) is 0 Å². The van der Waals surface area contributed by atoms with Gasteiger partial charge in [-0.2, -0.15) is 0 Å². The number of carbonyl (C=O) groups is 1. The number of anilines is 1. The first-order valence-corrected chi connectivity index (χ1v) is 12.5. The zero-order valence-electron chi connectivity index (χ0n) is 20.4. The molecule has 35 heavy (non-hydrogen) atoms. The van der Waals surface area contributed by atoms with E-state index in [1.165, 1.54) is 0 Å². The summed E-state index contributed by atoms with van der Waals surface area (Å²) in [6.45, 7) is 9.48. The van der Waals surface area contributed by atoms with E-state index in [2.05, 4.69) is 27.9 Å². The van der Waals surface area contributed by atoms with Crippen molar-refractivity contribution in [3.63, 3.8) is 0 Å². The Morgan fingerprint density at radius 3 is 2.37 bits per heavy atom. The second-order valence-corrected chi connectivity index (χ2v) is 10.7.